The van der Waals surface area contributed by atoms with Crippen molar-refractivity contribution in [3.8, 4) is 33.6 Å². The van der Waals surface area contributed by atoms with Crippen LogP contribution < -0.4 is 0 Å². The number of halogens is 1. The average molecular weight is 528 g/mol. The van der Waals surface area contributed by atoms with Crippen molar-refractivity contribution in [2.45, 2.75) is 52.4 Å². The van der Waals surface area contributed by atoms with Crippen molar-refractivity contribution in [2.75, 3.05) is 0 Å². The number of benzene rings is 3. The van der Waals surface area contributed by atoms with Gasteiger partial charge in [0.05, 0.1) is 22.4 Å². The zero-order chi connectivity index (χ0) is 28.2. The highest BCUT2D eigenvalue weighted by Gasteiger charge is 2.23. The topological polar surface area (TPSA) is 41.6 Å². The molecule has 0 saturated heterocycles. The zero-order valence-electron chi connectivity index (χ0n) is 23.9. The van der Waals surface area contributed by atoms with E-state index in [1.807, 2.05) is 36.5 Å². The van der Waals surface area contributed by atoms with Crippen LogP contribution in [0, 0.1) is 5.95 Å². The van der Waals surface area contributed by atoms with Crippen molar-refractivity contribution < 1.29 is 4.39 Å². The van der Waals surface area contributed by atoms with Gasteiger partial charge in [-0.15, -0.1) is 0 Å². The molecule has 6 rings (SSSR count). The number of hydrogen-bond donors (Lipinski definition) is 1. The Morgan fingerprint density at radius 3 is 1.82 bits per heavy atom. The van der Waals surface area contributed by atoms with Gasteiger partial charge >= 0.3 is 0 Å². The molecule has 0 aliphatic heterocycles. The van der Waals surface area contributed by atoms with E-state index in [4.69, 9.17) is 4.98 Å². The fourth-order valence-electron chi connectivity index (χ4n) is 5.34. The molecule has 0 saturated carbocycles. The van der Waals surface area contributed by atoms with Crippen LogP contribution in [-0.4, -0.2) is 15.0 Å². The van der Waals surface area contributed by atoms with Crippen molar-refractivity contribution in [2.24, 2.45) is 0 Å². The molecule has 0 amide bonds. The van der Waals surface area contributed by atoms with Crippen LogP contribution in [0.1, 0.15) is 52.7 Å². The van der Waals surface area contributed by atoms with Crippen LogP contribution >= 0.6 is 0 Å². The van der Waals surface area contributed by atoms with E-state index in [1.165, 1.54) is 28.0 Å². The smallest absolute Gasteiger partial charge is 0.213 e. The second-order valence-electron chi connectivity index (χ2n) is 12.7. The van der Waals surface area contributed by atoms with Crippen molar-refractivity contribution in [1.29, 1.82) is 0 Å². The largest absolute Gasteiger partial charge is 0.353 e. The van der Waals surface area contributed by atoms with Gasteiger partial charge in [-0.25, -0.2) is 4.98 Å². The summed E-state index contributed by atoms with van der Waals surface area (Å²) in [5.74, 6) is -0.479. The summed E-state index contributed by atoms with van der Waals surface area (Å²) in [7, 11) is 0. The number of aromatic nitrogens is 3. The molecular formula is C36H34FN3. The van der Waals surface area contributed by atoms with Crippen LogP contribution in [0.25, 0.3) is 55.4 Å². The number of hydrogen-bond acceptors (Lipinski definition) is 2. The molecule has 3 heterocycles. The minimum absolute atomic E-state index is 0.0297. The summed E-state index contributed by atoms with van der Waals surface area (Å²) < 4.78 is 14.0. The van der Waals surface area contributed by atoms with Gasteiger partial charge in [-0.3, -0.25) is 4.98 Å². The summed E-state index contributed by atoms with van der Waals surface area (Å²) in [6.45, 7) is 13.5. The van der Waals surface area contributed by atoms with Crippen LogP contribution in [0.2, 0.25) is 0 Å². The Balaban J connectivity index is 1.69. The van der Waals surface area contributed by atoms with Gasteiger partial charge in [-0.2, -0.15) is 4.39 Å². The Morgan fingerprint density at radius 2 is 1.20 bits per heavy atom. The van der Waals surface area contributed by atoms with Crippen molar-refractivity contribution >= 4 is 21.8 Å². The molecule has 0 fully saturated rings. The molecule has 40 heavy (non-hydrogen) atoms. The SMILES string of the molecule is CC(C)(C)c1cc(-c2cccc(-c3cccc(F)n3)c2)c2[nH]c3c(-c4ccccn4)cc(C(C)(C)C)cc3c2c1. The third-order valence-electron chi connectivity index (χ3n) is 7.67. The molecule has 4 heteroatoms. The Kier molecular flexibility index (Phi) is 6.10. The fourth-order valence-corrected chi connectivity index (χ4v) is 5.34. The van der Waals surface area contributed by atoms with E-state index >= 15 is 0 Å². The van der Waals surface area contributed by atoms with Gasteiger partial charge in [0.2, 0.25) is 5.95 Å². The minimum atomic E-state index is -0.479. The number of fused-ring (bicyclic) bond motifs is 3. The van der Waals surface area contributed by atoms with E-state index in [0.717, 1.165) is 39.0 Å². The standard InChI is InChI=1S/C36H34FN3/c1-35(2,3)24-18-26(22-11-9-12-23(17-22)30-14-10-15-32(37)39-30)33-27(19-24)28-20-25(36(4,5)6)21-29(34(28)40-33)31-13-7-8-16-38-31/h7-21,40H,1-6H3. The maximum atomic E-state index is 14.0. The first-order chi connectivity index (χ1) is 19.0. The molecule has 0 unspecified atom stereocenters. The lowest BCUT2D eigenvalue weighted by atomic mass is 9.82. The van der Waals surface area contributed by atoms with Crippen LogP contribution in [-0.2, 0) is 10.8 Å². The third-order valence-corrected chi connectivity index (χ3v) is 7.67. The number of rotatable bonds is 3. The molecular weight excluding hydrogens is 493 g/mol. The van der Waals surface area contributed by atoms with E-state index in [2.05, 4.69) is 94.0 Å². The van der Waals surface area contributed by atoms with E-state index in [-0.39, 0.29) is 10.8 Å². The first-order valence-corrected chi connectivity index (χ1v) is 13.8. The van der Waals surface area contributed by atoms with Crippen LogP contribution in [0.4, 0.5) is 4.39 Å². The van der Waals surface area contributed by atoms with Crippen LogP contribution in [0.15, 0.2) is 91.1 Å². The van der Waals surface area contributed by atoms with Gasteiger partial charge < -0.3 is 4.98 Å². The average Bonchev–Trinajstić information content (AvgIpc) is 3.30. The highest BCUT2D eigenvalue weighted by molar-refractivity contribution is 6.16. The molecule has 0 radical (unpaired) electrons. The van der Waals surface area contributed by atoms with Gasteiger partial charge in [-0.1, -0.05) is 71.9 Å². The first-order valence-electron chi connectivity index (χ1n) is 13.8. The summed E-state index contributed by atoms with van der Waals surface area (Å²) in [6.07, 6.45) is 1.85. The summed E-state index contributed by atoms with van der Waals surface area (Å²) in [5, 5.41) is 2.38. The molecule has 0 aliphatic rings. The predicted molar refractivity (Wildman–Crippen MR) is 165 cm³/mol. The van der Waals surface area contributed by atoms with E-state index in [9.17, 15) is 4.39 Å². The maximum absolute atomic E-state index is 14.0. The van der Waals surface area contributed by atoms with Crippen LogP contribution in [0.5, 0.6) is 0 Å². The number of nitrogens with one attached hydrogen (secondary N) is 1. The molecule has 200 valence electrons. The number of aromatic amines is 1. The third kappa shape index (κ3) is 4.68. The van der Waals surface area contributed by atoms with Crippen molar-refractivity contribution in [1.82, 2.24) is 15.0 Å². The second-order valence-corrected chi connectivity index (χ2v) is 12.7. The molecule has 0 atom stereocenters. The second kappa shape index (κ2) is 9.41. The van der Waals surface area contributed by atoms with Crippen molar-refractivity contribution in [3.63, 3.8) is 0 Å². The molecule has 3 aromatic heterocycles. The molecule has 0 bridgehead atoms. The van der Waals surface area contributed by atoms with E-state index in [1.54, 1.807) is 6.07 Å². The Labute approximate surface area is 235 Å². The Morgan fingerprint density at radius 1 is 0.600 bits per heavy atom. The lowest BCUT2D eigenvalue weighted by Gasteiger charge is -2.22. The summed E-state index contributed by atoms with van der Waals surface area (Å²) >= 11 is 0. The van der Waals surface area contributed by atoms with Gasteiger partial charge in [0.25, 0.3) is 0 Å². The van der Waals surface area contributed by atoms with Gasteiger partial charge in [0, 0.05) is 33.7 Å². The lowest BCUT2D eigenvalue weighted by molar-refractivity contribution is 0.585. The molecule has 0 spiro atoms. The number of H-pyrrole nitrogens is 1. The van der Waals surface area contributed by atoms with E-state index in [0.29, 0.717) is 5.69 Å². The predicted octanol–water partition coefficient (Wildman–Crippen LogP) is 9.85. The number of pyridine rings is 2. The molecule has 1 N–H and O–H groups in total. The van der Waals surface area contributed by atoms with Crippen molar-refractivity contribution in [3.05, 3.63) is 108 Å². The molecule has 3 aromatic carbocycles. The maximum Gasteiger partial charge on any atom is 0.213 e. The summed E-state index contributed by atoms with van der Waals surface area (Å²) in [4.78, 5) is 12.7. The number of nitrogens with zero attached hydrogens (tertiary/aromatic N) is 2. The minimum Gasteiger partial charge on any atom is -0.353 e. The zero-order valence-corrected chi connectivity index (χ0v) is 23.9. The van der Waals surface area contributed by atoms with E-state index < -0.39 is 5.95 Å². The quantitative estimate of drug-likeness (QED) is 0.233. The highest BCUT2D eigenvalue weighted by atomic mass is 19.1. The summed E-state index contributed by atoms with van der Waals surface area (Å²) in [5.41, 5.74) is 10.3. The first kappa shape index (κ1) is 25.9. The normalized spacial score (nSPS) is 12.4. The van der Waals surface area contributed by atoms with Gasteiger partial charge in [0.1, 0.15) is 0 Å². The van der Waals surface area contributed by atoms with Gasteiger partial charge in [0.15, 0.2) is 0 Å². The lowest BCUT2D eigenvalue weighted by Crippen LogP contribution is -2.11. The molecule has 6 aromatic rings. The monoisotopic (exact) mass is 527 g/mol. The highest BCUT2D eigenvalue weighted by Crippen LogP contribution is 2.42. The molecule has 0 aliphatic carbocycles. The fraction of sp³-hybridized carbons (Fsp3) is 0.222. The molecule has 3 nitrogen and oxygen atoms in total. The Bertz CT molecular complexity index is 1870. The summed E-state index contributed by atoms with van der Waals surface area (Å²) in [6, 6.07) is 28.5. The van der Waals surface area contributed by atoms with Crippen LogP contribution in [0.3, 0.4) is 0 Å². The Hall–Kier alpha value is -4.31. The van der Waals surface area contributed by atoms with Gasteiger partial charge in [-0.05, 0) is 82.1 Å².